The molecule has 182 valence electrons. The molecule has 0 aromatic heterocycles. The second kappa shape index (κ2) is 11.0. The number of benzene rings is 2. The summed E-state index contributed by atoms with van der Waals surface area (Å²) in [4.78, 5) is 29.9. The van der Waals surface area contributed by atoms with E-state index in [1.54, 1.807) is 4.90 Å². The fourth-order valence-corrected chi connectivity index (χ4v) is 4.89. The van der Waals surface area contributed by atoms with Crippen molar-refractivity contribution >= 4 is 23.2 Å². The van der Waals surface area contributed by atoms with Gasteiger partial charge in [0.25, 0.3) is 5.91 Å². The number of ether oxygens (including phenoxy) is 1. The monoisotopic (exact) mass is 467 g/mol. The summed E-state index contributed by atoms with van der Waals surface area (Å²) in [5, 5.41) is 3.08. The first-order valence-corrected chi connectivity index (χ1v) is 12.2. The van der Waals surface area contributed by atoms with Gasteiger partial charge in [0.1, 0.15) is 5.82 Å². The summed E-state index contributed by atoms with van der Waals surface area (Å²) >= 11 is 0. The molecule has 1 unspecified atom stereocenters. The molecular weight excluding hydrogens is 433 g/mol. The van der Waals surface area contributed by atoms with Gasteiger partial charge < -0.3 is 19.9 Å². The van der Waals surface area contributed by atoms with Crippen LogP contribution < -0.4 is 10.2 Å². The van der Waals surface area contributed by atoms with Crippen LogP contribution in [0, 0.1) is 11.7 Å². The normalized spacial score (nSPS) is 18.1. The van der Waals surface area contributed by atoms with Gasteiger partial charge in [-0.05, 0) is 73.7 Å². The molecule has 34 heavy (non-hydrogen) atoms. The summed E-state index contributed by atoms with van der Waals surface area (Å²) < 4.78 is 19.3. The van der Waals surface area contributed by atoms with Crippen LogP contribution in [0.25, 0.3) is 0 Å². The van der Waals surface area contributed by atoms with E-state index in [9.17, 15) is 14.0 Å². The number of carbonyl (C=O) groups is 2. The average Bonchev–Trinajstić information content (AvgIpc) is 3.53. The highest BCUT2D eigenvalue weighted by Gasteiger charge is 2.26. The van der Waals surface area contributed by atoms with Crippen LogP contribution in [0.1, 0.15) is 54.4 Å². The zero-order valence-electron chi connectivity index (χ0n) is 20.1. The van der Waals surface area contributed by atoms with Gasteiger partial charge >= 0.3 is 0 Å². The largest absolute Gasteiger partial charge is 0.377 e. The van der Waals surface area contributed by atoms with Gasteiger partial charge in [-0.2, -0.15) is 0 Å². The third-order valence-electron chi connectivity index (χ3n) is 6.74. The standard InChI is InChI=1S/C27H34FN3O3/c1-30(2)25-14-13-23(29-26(32)19-6-3-4-7-19)16-21(25)17-31(18-24-8-5-15-34-24)27(33)20-9-11-22(28)12-10-20/h9-14,16,19,24H,3-8,15,17-18H2,1-2H3,(H,29,32). The molecule has 4 rings (SSSR count). The lowest BCUT2D eigenvalue weighted by atomic mass is 10.1. The molecule has 1 atom stereocenters. The number of anilines is 2. The van der Waals surface area contributed by atoms with E-state index in [0.717, 1.165) is 55.5 Å². The van der Waals surface area contributed by atoms with E-state index in [-0.39, 0.29) is 29.7 Å². The highest BCUT2D eigenvalue weighted by atomic mass is 19.1. The number of amides is 2. The minimum absolute atomic E-state index is 0.0162. The third-order valence-corrected chi connectivity index (χ3v) is 6.74. The molecule has 1 heterocycles. The van der Waals surface area contributed by atoms with Crippen LogP contribution in [-0.4, -0.2) is 50.1 Å². The van der Waals surface area contributed by atoms with Crippen LogP contribution in [-0.2, 0) is 16.1 Å². The van der Waals surface area contributed by atoms with E-state index in [2.05, 4.69) is 5.32 Å². The lowest BCUT2D eigenvalue weighted by Crippen LogP contribution is -2.37. The first-order chi connectivity index (χ1) is 16.4. The molecule has 1 N–H and O–H groups in total. The Morgan fingerprint density at radius 3 is 2.41 bits per heavy atom. The quantitative estimate of drug-likeness (QED) is 0.603. The molecule has 1 saturated heterocycles. The van der Waals surface area contributed by atoms with Gasteiger partial charge in [0.05, 0.1) is 6.10 Å². The van der Waals surface area contributed by atoms with Gasteiger partial charge in [-0.15, -0.1) is 0 Å². The van der Waals surface area contributed by atoms with Gasteiger partial charge in [0.2, 0.25) is 5.91 Å². The first-order valence-electron chi connectivity index (χ1n) is 12.2. The number of carbonyl (C=O) groups excluding carboxylic acids is 2. The number of hydrogen-bond donors (Lipinski definition) is 1. The summed E-state index contributed by atoms with van der Waals surface area (Å²) in [5.41, 5.74) is 3.09. The van der Waals surface area contributed by atoms with Crippen molar-refractivity contribution in [1.29, 1.82) is 0 Å². The maximum absolute atomic E-state index is 13.4. The van der Waals surface area contributed by atoms with Crippen LogP contribution in [0.4, 0.5) is 15.8 Å². The summed E-state index contributed by atoms with van der Waals surface area (Å²) in [6.07, 6.45) is 5.96. The molecule has 6 nitrogen and oxygen atoms in total. The van der Waals surface area contributed by atoms with Crippen molar-refractivity contribution < 1.29 is 18.7 Å². The highest BCUT2D eigenvalue weighted by Crippen LogP contribution is 2.29. The zero-order valence-corrected chi connectivity index (χ0v) is 20.1. The van der Waals surface area contributed by atoms with Crippen molar-refractivity contribution in [3.8, 4) is 0 Å². The first kappa shape index (κ1) is 24.2. The number of halogens is 1. The van der Waals surface area contributed by atoms with Crippen molar-refractivity contribution in [3.05, 3.63) is 59.4 Å². The molecule has 2 aromatic carbocycles. The molecule has 1 aliphatic heterocycles. The van der Waals surface area contributed by atoms with E-state index in [1.807, 2.05) is 37.2 Å². The van der Waals surface area contributed by atoms with Crippen molar-refractivity contribution in [3.63, 3.8) is 0 Å². The second-order valence-electron chi connectivity index (χ2n) is 9.54. The lowest BCUT2D eigenvalue weighted by Gasteiger charge is -2.28. The molecule has 2 fully saturated rings. The Bertz CT molecular complexity index is 997. The molecule has 2 aliphatic rings. The maximum atomic E-state index is 13.4. The molecule has 2 aromatic rings. The second-order valence-corrected chi connectivity index (χ2v) is 9.54. The van der Waals surface area contributed by atoms with Crippen molar-refractivity contribution in [2.75, 3.05) is 37.5 Å². The third kappa shape index (κ3) is 5.95. The summed E-state index contributed by atoms with van der Waals surface area (Å²) in [7, 11) is 3.92. The Hall–Kier alpha value is -2.93. The van der Waals surface area contributed by atoms with Crippen LogP contribution in [0.3, 0.4) is 0 Å². The van der Waals surface area contributed by atoms with Crippen LogP contribution in [0.5, 0.6) is 0 Å². The Morgan fingerprint density at radius 2 is 1.76 bits per heavy atom. The Balaban J connectivity index is 1.59. The van der Waals surface area contributed by atoms with E-state index >= 15 is 0 Å². The van der Waals surface area contributed by atoms with Crippen molar-refractivity contribution in [1.82, 2.24) is 4.90 Å². The Kier molecular flexibility index (Phi) is 7.83. The fraction of sp³-hybridized carbons (Fsp3) is 0.481. The Labute approximate surface area is 201 Å². The number of rotatable bonds is 8. The van der Waals surface area contributed by atoms with Gasteiger partial charge in [0.15, 0.2) is 0 Å². The summed E-state index contributed by atoms with van der Waals surface area (Å²) in [5.74, 6) is -0.392. The topological polar surface area (TPSA) is 61.9 Å². The molecule has 1 aliphatic carbocycles. The van der Waals surface area contributed by atoms with Crippen LogP contribution in [0.2, 0.25) is 0 Å². The zero-order chi connectivity index (χ0) is 24.1. The number of nitrogens with zero attached hydrogens (tertiary/aromatic N) is 2. The number of nitrogens with one attached hydrogen (secondary N) is 1. The fourth-order valence-electron chi connectivity index (χ4n) is 4.89. The highest BCUT2D eigenvalue weighted by molar-refractivity contribution is 5.95. The van der Waals surface area contributed by atoms with E-state index < -0.39 is 0 Å². The minimum atomic E-state index is -0.372. The van der Waals surface area contributed by atoms with Crippen molar-refractivity contribution in [2.45, 2.75) is 51.2 Å². The van der Waals surface area contributed by atoms with Gasteiger partial charge in [-0.25, -0.2) is 4.39 Å². The molecule has 7 heteroatoms. The molecule has 2 amide bonds. The summed E-state index contributed by atoms with van der Waals surface area (Å²) in [6, 6.07) is 11.5. The predicted molar refractivity (Wildman–Crippen MR) is 131 cm³/mol. The van der Waals surface area contributed by atoms with Gasteiger partial charge in [-0.1, -0.05) is 12.8 Å². The summed E-state index contributed by atoms with van der Waals surface area (Å²) in [6.45, 7) is 1.52. The molecule has 0 bridgehead atoms. The van der Waals surface area contributed by atoms with Crippen molar-refractivity contribution in [2.24, 2.45) is 5.92 Å². The average molecular weight is 468 g/mol. The maximum Gasteiger partial charge on any atom is 0.254 e. The lowest BCUT2D eigenvalue weighted by molar-refractivity contribution is -0.119. The molecule has 0 spiro atoms. The molecule has 0 radical (unpaired) electrons. The van der Waals surface area contributed by atoms with E-state index in [4.69, 9.17) is 4.74 Å². The smallest absolute Gasteiger partial charge is 0.254 e. The van der Waals surface area contributed by atoms with E-state index in [1.165, 1.54) is 24.3 Å². The molecular formula is C27H34FN3O3. The minimum Gasteiger partial charge on any atom is -0.377 e. The predicted octanol–water partition coefficient (Wildman–Crippen LogP) is 4.84. The number of hydrogen-bond acceptors (Lipinski definition) is 4. The van der Waals surface area contributed by atoms with Gasteiger partial charge in [-0.3, -0.25) is 9.59 Å². The van der Waals surface area contributed by atoms with Crippen LogP contribution >= 0.6 is 0 Å². The molecule has 1 saturated carbocycles. The Morgan fingerprint density at radius 1 is 1.03 bits per heavy atom. The van der Waals surface area contributed by atoms with Crippen LogP contribution in [0.15, 0.2) is 42.5 Å². The van der Waals surface area contributed by atoms with E-state index in [0.29, 0.717) is 25.3 Å². The van der Waals surface area contributed by atoms with Gasteiger partial charge in [0, 0.05) is 56.6 Å². The SMILES string of the molecule is CN(C)c1ccc(NC(=O)C2CCCC2)cc1CN(CC1CCCO1)C(=O)c1ccc(F)cc1.